The van der Waals surface area contributed by atoms with Crippen molar-refractivity contribution in [1.82, 2.24) is 15.1 Å². The third kappa shape index (κ3) is 3.54. The molecule has 1 aromatic carbocycles. The molecular weight excluding hydrogens is 341 g/mol. The highest BCUT2D eigenvalue weighted by molar-refractivity contribution is 5.51. The fourth-order valence-electron chi connectivity index (χ4n) is 6.45. The number of hydrogen-bond acceptors (Lipinski definition) is 4. The van der Waals surface area contributed by atoms with E-state index in [0.717, 1.165) is 29.9 Å². The first kappa shape index (κ1) is 17.4. The van der Waals surface area contributed by atoms with Gasteiger partial charge in [0.05, 0.1) is 6.54 Å². The number of aromatic nitrogens is 2. The maximum atomic E-state index is 13.1. The van der Waals surface area contributed by atoms with E-state index in [2.05, 4.69) is 22.1 Å². The molecule has 144 valence electrons. The van der Waals surface area contributed by atoms with Crippen LogP contribution < -0.4 is 0 Å². The van der Waals surface area contributed by atoms with Crippen molar-refractivity contribution in [3.8, 4) is 11.5 Å². The Balaban J connectivity index is 1.26. The third-order valence-electron chi connectivity index (χ3n) is 7.05. The lowest BCUT2D eigenvalue weighted by atomic mass is 9.58. The summed E-state index contributed by atoms with van der Waals surface area (Å²) in [7, 11) is 2.18. The van der Waals surface area contributed by atoms with Gasteiger partial charge < -0.3 is 4.42 Å². The standard InChI is InChI=1S/C22H28FN3O/c1-26(13-20-24-25-21(27-20)18-4-6-19(23)7-5-18)14-22-10-15-2-3-16(11-22)9-17(8-15)12-22/h4-7,15-17H,2-3,8-14H2,1H3. The Morgan fingerprint density at radius 2 is 1.70 bits per heavy atom. The molecule has 2 atom stereocenters. The summed E-state index contributed by atoms with van der Waals surface area (Å²) in [4.78, 5) is 2.37. The van der Waals surface area contributed by atoms with E-state index in [1.165, 1.54) is 57.1 Å². The molecule has 0 saturated heterocycles. The summed E-state index contributed by atoms with van der Waals surface area (Å²) in [6.07, 6.45) is 10.1. The van der Waals surface area contributed by atoms with E-state index in [0.29, 0.717) is 23.7 Å². The Hall–Kier alpha value is -1.75. The molecular formula is C22H28FN3O. The Morgan fingerprint density at radius 1 is 1.04 bits per heavy atom. The van der Waals surface area contributed by atoms with Crippen LogP contribution in [-0.4, -0.2) is 28.7 Å². The van der Waals surface area contributed by atoms with E-state index in [1.807, 2.05) is 0 Å². The predicted molar refractivity (Wildman–Crippen MR) is 101 cm³/mol. The largest absolute Gasteiger partial charge is 0.419 e. The fraction of sp³-hybridized carbons (Fsp3) is 0.636. The van der Waals surface area contributed by atoms with E-state index >= 15 is 0 Å². The first-order valence-corrected chi connectivity index (χ1v) is 10.3. The normalized spacial score (nSPS) is 32.2. The summed E-state index contributed by atoms with van der Waals surface area (Å²) >= 11 is 0. The number of fused-ring (bicyclic) bond motifs is 1. The van der Waals surface area contributed by atoms with Crippen molar-refractivity contribution in [3.05, 3.63) is 36.0 Å². The van der Waals surface area contributed by atoms with Crippen molar-refractivity contribution in [2.24, 2.45) is 23.2 Å². The first-order chi connectivity index (χ1) is 13.1. The molecule has 4 aliphatic carbocycles. The van der Waals surface area contributed by atoms with Gasteiger partial charge in [-0.15, -0.1) is 10.2 Å². The second kappa shape index (κ2) is 6.69. The van der Waals surface area contributed by atoms with Crippen LogP contribution in [0.2, 0.25) is 0 Å². The predicted octanol–water partition coefficient (Wildman–Crippen LogP) is 4.91. The van der Waals surface area contributed by atoms with Crippen LogP contribution >= 0.6 is 0 Å². The van der Waals surface area contributed by atoms with Gasteiger partial charge in [-0.25, -0.2) is 4.39 Å². The quantitative estimate of drug-likeness (QED) is 0.751. The fourth-order valence-corrected chi connectivity index (χ4v) is 6.45. The van der Waals surface area contributed by atoms with Gasteiger partial charge in [-0.3, -0.25) is 4.90 Å². The van der Waals surface area contributed by atoms with E-state index in [-0.39, 0.29) is 5.82 Å². The van der Waals surface area contributed by atoms with Gasteiger partial charge in [-0.1, -0.05) is 12.8 Å². The first-order valence-electron chi connectivity index (χ1n) is 10.3. The molecule has 0 amide bonds. The van der Waals surface area contributed by atoms with Crippen LogP contribution in [0.25, 0.3) is 11.5 Å². The van der Waals surface area contributed by atoms with Crippen molar-refractivity contribution in [2.75, 3.05) is 13.6 Å². The van der Waals surface area contributed by atoms with E-state index < -0.39 is 0 Å². The SMILES string of the molecule is CN(Cc1nnc(-c2ccc(F)cc2)o1)CC12CC3CCC(CC(C3)C1)C2. The molecule has 1 aromatic heterocycles. The molecule has 27 heavy (non-hydrogen) atoms. The van der Waals surface area contributed by atoms with Crippen molar-refractivity contribution >= 4 is 0 Å². The van der Waals surface area contributed by atoms with E-state index in [1.54, 1.807) is 12.1 Å². The van der Waals surface area contributed by atoms with Gasteiger partial charge in [0.2, 0.25) is 11.8 Å². The molecule has 0 aliphatic heterocycles. The zero-order valence-electron chi connectivity index (χ0n) is 16.0. The molecule has 4 nitrogen and oxygen atoms in total. The molecule has 6 rings (SSSR count). The van der Waals surface area contributed by atoms with Crippen molar-refractivity contribution in [3.63, 3.8) is 0 Å². The molecule has 4 bridgehead atoms. The minimum Gasteiger partial charge on any atom is -0.419 e. The van der Waals surface area contributed by atoms with Crippen LogP contribution in [0.5, 0.6) is 0 Å². The van der Waals surface area contributed by atoms with Gasteiger partial charge in [-0.05, 0) is 86.6 Å². The van der Waals surface area contributed by atoms with Gasteiger partial charge in [0.1, 0.15) is 5.82 Å². The molecule has 4 fully saturated rings. The molecule has 5 heteroatoms. The summed E-state index contributed by atoms with van der Waals surface area (Å²) in [5.74, 6) is 3.72. The number of benzene rings is 1. The number of hydrogen-bond donors (Lipinski definition) is 0. The third-order valence-corrected chi connectivity index (χ3v) is 7.05. The maximum absolute atomic E-state index is 13.1. The molecule has 0 N–H and O–H groups in total. The minimum atomic E-state index is -0.260. The Bertz CT molecular complexity index is 786. The summed E-state index contributed by atoms with van der Waals surface area (Å²) in [6.45, 7) is 1.81. The topological polar surface area (TPSA) is 42.2 Å². The lowest BCUT2D eigenvalue weighted by molar-refractivity contribution is 0.00626. The van der Waals surface area contributed by atoms with Crippen LogP contribution in [0, 0.1) is 29.0 Å². The number of halogens is 1. The molecule has 2 aromatic rings. The Labute approximate surface area is 160 Å². The summed E-state index contributed by atoms with van der Waals surface area (Å²) in [5.41, 5.74) is 1.26. The van der Waals surface area contributed by atoms with Crippen molar-refractivity contribution < 1.29 is 8.81 Å². The highest BCUT2D eigenvalue weighted by Crippen LogP contribution is 2.57. The van der Waals surface area contributed by atoms with Crippen molar-refractivity contribution in [2.45, 2.75) is 51.5 Å². The van der Waals surface area contributed by atoms with Crippen LogP contribution in [0.4, 0.5) is 4.39 Å². The Kier molecular flexibility index (Phi) is 4.30. The van der Waals surface area contributed by atoms with Crippen LogP contribution in [0.3, 0.4) is 0 Å². The van der Waals surface area contributed by atoms with Crippen LogP contribution in [0.15, 0.2) is 28.7 Å². The zero-order valence-corrected chi connectivity index (χ0v) is 16.0. The van der Waals surface area contributed by atoms with Gasteiger partial charge >= 0.3 is 0 Å². The van der Waals surface area contributed by atoms with E-state index in [4.69, 9.17) is 4.42 Å². The smallest absolute Gasteiger partial charge is 0.247 e. The van der Waals surface area contributed by atoms with Crippen LogP contribution in [0.1, 0.15) is 50.8 Å². The van der Waals surface area contributed by atoms with Gasteiger partial charge in [0.25, 0.3) is 0 Å². The molecule has 4 aliphatic rings. The monoisotopic (exact) mass is 369 g/mol. The molecule has 0 spiro atoms. The Morgan fingerprint density at radius 3 is 2.41 bits per heavy atom. The highest BCUT2D eigenvalue weighted by atomic mass is 19.1. The molecule has 4 saturated carbocycles. The second-order valence-corrected chi connectivity index (χ2v) is 9.44. The highest BCUT2D eigenvalue weighted by Gasteiger charge is 2.48. The van der Waals surface area contributed by atoms with Crippen molar-refractivity contribution in [1.29, 1.82) is 0 Å². The summed E-state index contributed by atoms with van der Waals surface area (Å²) in [6, 6.07) is 6.19. The number of rotatable bonds is 5. The zero-order chi connectivity index (χ0) is 18.4. The average molecular weight is 369 g/mol. The summed E-state index contributed by atoms with van der Waals surface area (Å²) in [5, 5.41) is 8.36. The van der Waals surface area contributed by atoms with E-state index in [9.17, 15) is 4.39 Å². The van der Waals surface area contributed by atoms with Crippen LogP contribution in [-0.2, 0) is 6.54 Å². The molecule has 2 unspecified atom stereocenters. The van der Waals surface area contributed by atoms with Gasteiger partial charge in [0.15, 0.2) is 0 Å². The van der Waals surface area contributed by atoms with Gasteiger partial charge in [0, 0.05) is 12.1 Å². The second-order valence-electron chi connectivity index (χ2n) is 9.44. The number of nitrogens with zero attached hydrogens (tertiary/aromatic N) is 3. The molecule has 1 heterocycles. The minimum absolute atomic E-state index is 0.260. The average Bonchev–Trinajstić information content (AvgIpc) is 2.97. The lowest BCUT2D eigenvalue weighted by Crippen LogP contribution is -2.44. The molecule has 0 radical (unpaired) electrons. The lowest BCUT2D eigenvalue weighted by Gasteiger charge is -2.49. The van der Waals surface area contributed by atoms with Gasteiger partial charge in [-0.2, -0.15) is 0 Å². The summed E-state index contributed by atoms with van der Waals surface area (Å²) < 4.78 is 18.9. The maximum Gasteiger partial charge on any atom is 0.247 e.